The van der Waals surface area contributed by atoms with Crippen LogP contribution < -0.4 is 0 Å². The molecule has 1 saturated carbocycles. The number of benzene rings is 2. The van der Waals surface area contributed by atoms with Crippen molar-refractivity contribution in [2.75, 3.05) is 0 Å². The molecule has 0 N–H and O–H groups in total. The summed E-state index contributed by atoms with van der Waals surface area (Å²) in [6.45, 7) is 6.91. The minimum absolute atomic E-state index is 0.0150. The lowest BCUT2D eigenvalue weighted by molar-refractivity contribution is -0.156. The number of ether oxygens (including phenoxy) is 1. The largest absolute Gasteiger partial charge is 0.461 e. The van der Waals surface area contributed by atoms with Gasteiger partial charge in [-0.1, -0.05) is 69.7 Å². The normalized spacial score (nSPS) is 22.1. The maximum atomic E-state index is 13.0. The van der Waals surface area contributed by atoms with E-state index in [-0.39, 0.29) is 18.6 Å². The molecule has 1 aliphatic rings. The summed E-state index contributed by atoms with van der Waals surface area (Å²) in [5.41, 5.74) is 2.86. The van der Waals surface area contributed by atoms with E-state index in [1.165, 1.54) is 6.42 Å². The molecule has 2 aromatic carbocycles. The van der Waals surface area contributed by atoms with E-state index in [4.69, 9.17) is 9.72 Å². The molecule has 1 unspecified atom stereocenters. The Hall–Kier alpha value is -2.62. The highest BCUT2D eigenvalue weighted by Crippen LogP contribution is 2.35. The average molecular weight is 391 g/mol. The molecular weight excluding hydrogens is 360 g/mol. The number of para-hydroxylation sites is 2. The third-order valence-corrected chi connectivity index (χ3v) is 6.22. The first-order chi connectivity index (χ1) is 14.0. The molecule has 0 spiro atoms. The fourth-order valence-electron chi connectivity index (χ4n) is 4.63. The molecule has 1 aromatic heterocycles. The molecule has 29 heavy (non-hydrogen) atoms. The van der Waals surface area contributed by atoms with Crippen LogP contribution in [0, 0.1) is 17.8 Å². The number of carbonyl (C=O) groups excluding carboxylic acids is 1. The Balaban J connectivity index is 1.61. The Bertz CT molecular complexity index is 977. The summed E-state index contributed by atoms with van der Waals surface area (Å²) in [7, 11) is 0. The molecule has 3 atom stereocenters. The molecule has 152 valence electrons. The van der Waals surface area contributed by atoms with Gasteiger partial charge in [-0.05, 0) is 42.7 Å². The predicted octanol–water partition coefficient (Wildman–Crippen LogP) is 5.71. The fraction of sp³-hybridized carbons (Fsp3) is 0.440. The van der Waals surface area contributed by atoms with Gasteiger partial charge < -0.3 is 9.30 Å². The average Bonchev–Trinajstić information content (AvgIpc) is 3.07. The van der Waals surface area contributed by atoms with Crippen LogP contribution in [0.1, 0.15) is 40.0 Å². The zero-order valence-corrected chi connectivity index (χ0v) is 17.5. The third kappa shape index (κ3) is 4.21. The van der Waals surface area contributed by atoms with Crippen LogP contribution in [0.5, 0.6) is 0 Å². The second-order valence-electron chi connectivity index (χ2n) is 8.73. The van der Waals surface area contributed by atoms with Crippen LogP contribution in [0.25, 0.3) is 22.4 Å². The van der Waals surface area contributed by atoms with Crippen LogP contribution in [-0.2, 0) is 16.1 Å². The van der Waals surface area contributed by atoms with E-state index in [1.54, 1.807) is 0 Å². The molecule has 1 heterocycles. The summed E-state index contributed by atoms with van der Waals surface area (Å²) in [4.78, 5) is 17.8. The molecule has 3 aromatic rings. The van der Waals surface area contributed by atoms with Crippen LogP contribution >= 0.6 is 0 Å². The van der Waals surface area contributed by atoms with Crippen LogP contribution in [0.15, 0.2) is 54.6 Å². The van der Waals surface area contributed by atoms with E-state index < -0.39 is 0 Å². The topological polar surface area (TPSA) is 44.1 Å². The summed E-state index contributed by atoms with van der Waals surface area (Å²) < 4.78 is 8.05. The van der Waals surface area contributed by atoms with Crippen LogP contribution in [0.2, 0.25) is 0 Å². The fourth-order valence-corrected chi connectivity index (χ4v) is 4.63. The van der Waals surface area contributed by atoms with Gasteiger partial charge in [-0.25, -0.2) is 4.98 Å². The zero-order valence-electron chi connectivity index (χ0n) is 17.5. The Kier molecular flexibility index (Phi) is 5.70. The number of fused-ring (bicyclic) bond motifs is 1. The van der Waals surface area contributed by atoms with Crippen molar-refractivity contribution in [2.24, 2.45) is 17.8 Å². The van der Waals surface area contributed by atoms with Crippen molar-refractivity contribution < 1.29 is 9.53 Å². The van der Waals surface area contributed by atoms with Crippen molar-refractivity contribution in [3.63, 3.8) is 0 Å². The first kappa shape index (κ1) is 19.7. The molecule has 0 radical (unpaired) electrons. The number of imidazole rings is 1. The molecule has 4 rings (SSSR count). The molecule has 0 bridgehead atoms. The highest BCUT2D eigenvalue weighted by atomic mass is 16.5. The van der Waals surface area contributed by atoms with Crippen LogP contribution in [-0.4, -0.2) is 21.6 Å². The zero-order chi connectivity index (χ0) is 20.4. The van der Waals surface area contributed by atoms with Gasteiger partial charge in [-0.3, -0.25) is 4.79 Å². The third-order valence-electron chi connectivity index (χ3n) is 6.22. The van der Waals surface area contributed by atoms with Gasteiger partial charge in [-0.15, -0.1) is 0 Å². The van der Waals surface area contributed by atoms with Crippen molar-refractivity contribution in [3.05, 3.63) is 54.6 Å². The number of esters is 1. The van der Waals surface area contributed by atoms with E-state index in [9.17, 15) is 4.79 Å². The molecular formula is C25H30N2O2. The summed E-state index contributed by atoms with van der Waals surface area (Å²) in [5, 5.41) is 0. The summed E-state index contributed by atoms with van der Waals surface area (Å²) in [6, 6.07) is 18.0. The lowest BCUT2D eigenvalue weighted by Crippen LogP contribution is -2.36. The molecule has 4 heteroatoms. The van der Waals surface area contributed by atoms with Crippen molar-refractivity contribution in [1.29, 1.82) is 0 Å². The number of nitrogens with zero attached hydrogens (tertiary/aromatic N) is 2. The SMILES string of the molecule is CC(C)[C@@H]1CC[C@@H](C)CC1OC(=O)Cn1c(-c2ccccc2)nc2ccccc21. The second kappa shape index (κ2) is 8.40. The van der Waals surface area contributed by atoms with Crippen molar-refractivity contribution in [1.82, 2.24) is 9.55 Å². The van der Waals surface area contributed by atoms with Crippen LogP contribution in [0.3, 0.4) is 0 Å². The minimum atomic E-state index is -0.171. The number of carbonyl (C=O) groups is 1. The highest BCUT2D eigenvalue weighted by Gasteiger charge is 2.33. The van der Waals surface area contributed by atoms with Gasteiger partial charge in [0.15, 0.2) is 0 Å². The number of rotatable bonds is 5. The quantitative estimate of drug-likeness (QED) is 0.524. The van der Waals surface area contributed by atoms with E-state index >= 15 is 0 Å². The number of hydrogen-bond donors (Lipinski definition) is 0. The molecule has 0 amide bonds. The van der Waals surface area contributed by atoms with Gasteiger partial charge in [-0.2, -0.15) is 0 Å². The van der Waals surface area contributed by atoms with Crippen molar-refractivity contribution >= 4 is 17.0 Å². The summed E-state index contributed by atoms with van der Waals surface area (Å²) in [5.74, 6) is 2.21. The molecule has 1 fully saturated rings. The van der Waals surface area contributed by atoms with Gasteiger partial charge in [0, 0.05) is 5.56 Å². The lowest BCUT2D eigenvalue weighted by atomic mass is 9.75. The van der Waals surface area contributed by atoms with E-state index in [0.717, 1.165) is 35.3 Å². The van der Waals surface area contributed by atoms with Crippen LogP contribution in [0.4, 0.5) is 0 Å². The number of aromatic nitrogens is 2. The van der Waals surface area contributed by atoms with E-state index in [2.05, 4.69) is 20.8 Å². The molecule has 4 nitrogen and oxygen atoms in total. The van der Waals surface area contributed by atoms with Crippen molar-refractivity contribution in [2.45, 2.75) is 52.7 Å². The maximum Gasteiger partial charge on any atom is 0.326 e. The van der Waals surface area contributed by atoms with E-state index in [0.29, 0.717) is 17.8 Å². The number of hydrogen-bond acceptors (Lipinski definition) is 3. The second-order valence-corrected chi connectivity index (χ2v) is 8.73. The summed E-state index contributed by atoms with van der Waals surface area (Å²) in [6.07, 6.45) is 3.34. The van der Waals surface area contributed by atoms with Gasteiger partial charge >= 0.3 is 5.97 Å². The predicted molar refractivity (Wildman–Crippen MR) is 116 cm³/mol. The molecule has 0 saturated heterocycles. The Morgan fingerprint density at radius 1 is 1.10 bits per heavy atom. The minimum Gasteiger partial charge on any atom is -0.461 e. The lowest BCUT2D eigenvalue weighted by Gasteiger charge is -2.36. The van der Waals surface area contributed by atoms with Gasteiger partial charge in [0.1, 0.15) is 18.5 Å². The standard InChI is InChI=1S/C25H30N2O2/c1-17(2)20-14-13-18(3)15-23(20)29-24(28)16-27-22-12-8-7-11-21(22)26-25(27)19-9-5-4-6-10-19/h4-12,17-18,20,23H,13-16H2,1-3H3/t18-,20+,23?/m1/s1. The molecule has 1 aliphatic carbocycles. The summed E-state index contributed by atoms with van der Waals surface area (Å²) >= 11 is 0. The maximum absolute atomic E-state index is 13.0. The molecule has 0 aliphatic heterocycles. The van der Waals surface area contributed by atoms with Gasteiger partial charge in [0.05, 0.1) is 11.0 Å². The Morgan fingerprint density at radius 3 is 2.59 bits per heavy atom. The van der Waals surface area contributed by atoms with Gasteiger partial charge in [0.25, 0.3) is 0 Å². The van der Waals surface area contributed by atoms with Crippen molar-refractivity contribution in [3.8, 4) is 11.4 Å². The Labute approximate surface area is 172 Å². The smallest absolute Gasteiger partial charge is 0.326 e. The first-order valence-electron chi connectivity index (χ1n) is 10.7. The monoisotopic (exact) mass is 390 g/mol. The first-order valence-corrected chi connectivity index (χ1v) is 10.7. The van der Waals surface area contributed by atoms with E-state index in [1.807, 2.05) is 59.2 Å². The Morgan fingerprint density at radius 2 is 1.83 bits per heavy atom. The van der Waals surface area contributed by atoms with Gasteiger partial charge in [0.2, 0.25) is 0 Å². The highest BCUT2D eigenvalue weighted by molar-refractivity contribution is 5.83.